The molecule has 1 spiro atoms. The number of piperidine rings is 1. The number of rotatable bonds is 7. The Labute approximate surface area is 251 Å². The van der Waals surface area contributed by atoms with Crippen LogP contribution in [-0.2, 0) is 14.8 Å². The average molecular weight is 624 g/mol. The van der Waals surface area contributed by atoms with Crippen LogP contribution >= 0.6 is 0 Å². The van der Waals surface area contributed by atoms with Crippen molar-refractivity contribution in [3.8, 4) is 0 Å². The van der Waals surface area contributed by atoms with Crippen LogP contribution in [0.2, 0.25) is 0 Å². The number of aryl methyl sites for hydroxylation is 2. The van der Waals surface area contributed by atoms with Gasteiger partial charge in [-0.15, -0.1) is 0 Å². The van der Waals surface area contributed by atoms with Gasteiger partial charge in [0.15, 0.2) is 0 Å². The topological polar surface area (TPSA) is 111 Å². The van der Waals surface area contributed by atoms with Gasteiger partial charge in [-0.05, 0) is 106 Å². The molecule has 1 aliphatic carbocycles. The number of aliphatic imine (C=N–C) groups is 1. The summed E-state index contributed by atoms with van der Waals surface area (Å²) < 4.78 is 65.6. The molecule has 0 unspecified atom stereocenters. The van der Waals surface area contributed by atoms with Crippen LogP contribution in [0.3, 0.4) is 0 Å². The standard InChI is InChI=1S/C30H40F3N5O4S/c1-20-18-24(27(39)38-14-3-13-34-38)19-21(2)25(20)9-17-43(41,42)37-15-11-29(12-16-37)28(40)35-26(36-29)23-6-4-22(5-7-23)8-10-30(31,32)33/h9,17-19,22-23,34H,3-8,10-16H2,1-2H3,(H,35,36,40)/b17-9+. The summed E-state index contributed by atoms with van der Waals surface area (Å²) >= 11 is 0. The van der Waals surface area contributed by atoms with Gasteiger partial charge in [0, 0.05) is 49.5 Å². The van der Waals surface area contributed by atoms with E-state index >= 15 is 0 Å². The highest BCUT2D eigenvalue weighted by Crippen LogP contribution is 2.38. The first-order valence-electron chi connectivity index (χ1n) is 15.1. The Kier molecular flexibility index (Phi) is 9.06. The summed E-state index contributed by atoms with van der Waals surface area (Å²) in [6.45, 7) is 5.40. The summed E-state index contributed by atoms with van der Waals surface area (Å²) in [7, 11) is -3.77. The molecule has 0 aromatic heterocycles. The summed E-state index contributed by atoms with van der Waals surface area (Å²) in [6.07, 6.45) is 0.944. The molecule has 1 saturated carbocycles. The maximum absolute atomic E-state index is 13.2. The van der Waals surface area contributed by atoms with Crippen molar-refractivity contribution in [3.05, 3.63) is 39.8 Å². The predicted molar refractivity (Wildman–Crippen MR) is 157 cm³/mol. The van der Waals surface area contributed by atoms with E-state index in [0.29, 0.717) is 43.6 Å². The maximum atomic E-state index is 13.2. The summed E-state index contributed by atoms with van der Waals surface area (Å²) in [5.41, 5.74) is 4.94. The SMILES string of the molecule is Cc1cc(C(=O)N2CCCN2)cc(C)c1/C=C/S(=O)(=O)N1CCC2(CC1)N=C(C1CCC(CCC(F)(F)F)CC1)NC2=O. The first-order valence-corrected chi connectivity index (χ1v) is 16.6. The molecule has 5 rings (SSSR count). The first kappa shape index (κ1) is 31.6. The number of amides is 2. The zero-order chi connectivity index (χ0) is 31.0. The first-order chi connectivity index (χ1) is 20.3. The van der Waals surface area contributed by atoms with Crippen molar-refractivity contribution in [2.45, 2.75) is 83.4 Å². The second kappa shape index (κ2) is 12.3. The second-order valence-corrected chi connectivity index (χ2v) is 14.2. The third kappa shape index (κ3) is 7.15. The molecule has 0 bridgehead atoms. The van der Waals surface area contributed by atoms with E-state index in [0.717, 1.165) is 29.7 Å². The number of hydrogen-bond acceptors (Lipinski definition) is 6. The molecule has 2 N–H and O–H groups in total. The molecule has 236 valence electrons. The van der Waals surface area contributed by atoms with Gasteiger partial charge in [-0.3, -0.25) is 19.6 Å². The highest BCUT2D eigenvalue weighted by atomic mass is 32.2. The van der Waals surface area contributed by atoms with Crippen LogP contribution in [0.15, 0.2) is 22.5 Å². The fourth-order valence-corrected chi connectivity index (χ4v) is 7.91. The van der Waals surface area contributed by atoms with Gasteiger partial charge in [-0.1, -0.05) is 0 Å². The van der Waals surface area contributed by atoms with E-state index in [1.54, 1.807) is 23.2 Å². The Bertz CT molecular complexity index is 1380. The number of carbonyl (C=O) groups is 2. The number of alkyl halides is 3. The number of hydrazine groups is 1. The van der Waals surface area contributed by atoms with Gasteiger partial charge in [-0.25, -0.2) is 13.8 Å². The van der Waals surface area contributed by atoms with E-state index in [2.05, 4.69) is 10.7 Å². The molecule has 1 aromatic carbocycles. The lowest BCUT2D eigenvalue weighted by molar-refractivity contribution is -0.138. The molecular formula is C30H40F3N5O4S. The quantitative estimate of drug-likeness (QED) is 0.466. The zero-order valence-corrected chi connectivity index (χ0v) is 25.5. The fraction of sp³-hybridized carbons (Fsp3) is 0.633. The van der Waals surface area contributed by atoms with Crippen molar-refractivity contribution < 1.29 is 31.2 Å². The van der Waals surface area contributed by atoms with Crippen molar-refractivity contribution in [2.24, 2.45) is 16.8 Å². The number of amidine groups is 1. The second-order valence-electron chi connectivity index (χ2n) is 12.3. The molecule has 3 fully saturated rings. The molecule has 2 amide bonds. The van der Waals surface area contributed by atoms with Gasteiger partial charge in [-0.2, -0.15) is 17.5 Å². The van der Waals surface area contributed by atoms with Crippen LogP contribution in [0.5, 0.6) is 0 Å². The van der Waals surface area contributed by atoms with Gasteiger partial charge >= 0.3 is 6.18 Å². The Morgan fingerprint density at radius 3 is 2.33 bits per heavy atom. The molecule has 3 heterocycles. The summed E-state index contributed by atoms with van der Waals surface area (Å²) in [6, 6.07) is 3.55. The Hall–Kier alpha value is -2.77. The molecule has 0 radical (unpaired) electrons. The van der Waals surface area contributed by atoms with E-state index in [-0.39, 0.29) is 56.0 Å². The van der Waals surface area contributed by atoms with Gasteiger partial charge in [0.05, 0.1) is 0 Å². The minimum Gasteiger partial charge on any atom is -0.312 e. The molecule has 13 heteroatoms. The van der Waals surface area contributed by atoms with Crippen molar-refractivity contribution in [1.29, 1.82) is 0 Å². The number of hydrogen-bond donors (Lipinski definition) is 2. The van der Waals surface area contributed by atoms with Gasteiger partial charge in [0.2, 0.25) is 10.0 Å². The summed E-state index contributed by atoms with van der Waals surface area (Å²) in [4.78, 5) is 30.6. The normalized spacial score (nSPS) is 25.0. The molecule has 43 heavy (non-hydrogen) atoms. The lowest BCUT2D eigenvalue weighted by atomic mass is 9.79. The largest absolute Gasteiger partial charge is 0.389 e. The molecule has 1 aromatic rings. The van der Waals surface area contributed by atoms with Crippen molar-refractivity contribution in [2.75, 3.05) is 26.2 Å². The van der Waals surface area contributed by atoms with Crippen LogP contribution in [0.1, 0.15) is 84.8 Å². The molecule has 9 nitrogen and oxygen atoms in total. The van der Waals surface area contributed by atoms with Gasteiger partial charge in [0.1, 0.15) is 11.4 Å². The van der Waals surface area contributed by atoms with E-state index < -0.39 is 28.2 Å². The Balaban J connectivity index is 1.18. The average Bonchev–Trinajstić information content (AvgIpc) is 3.60. The smallest absolute Gasteiger partial charge is 0.312 e. The number of halogens is 3. The van der Waals surface area contributed by atoms with Crippen molar-refractivity contribution >= 4 is 33.7 Å². The minimum atomic E-state index is -4.14. The fourth-order valence-electron chi connectivity index (χ4n) is 6.74. The Morgan fingerprint density at radius 1 is 1.09 bits per heavy atom. The molecule has 3 aliphatic heterocycles. The van der Waals surface area contributed by atoms with Crippen LogP contribution in [-0.4, -0.2) is 73.3 Å². The van der Waals surface area contributed by atoms with Gasteiger partial charge in [0.25, 0.3) is 11.8 Å². The van der Waals surface area contributed by atoms with Crippen LogP contribution < -0.4 is 10.7 Å². The number of carbonyl (C=O) groups excluding carboxylic acids is 2. The van der Waals surface area contributed by atoms with E-state index in [1.807, 2.05) is 13.8 Å². The highest BCUT2D eigenvalue weighted by Gasteiger charge is 2.48. The molecule has 0 atom stereocenters. The third-order valence-electron chi connectivity index (χ3n) is 9.33. The van der Waals surface area contributed by atoms with Crippen molar-refractivity contribution in [1.82, 2.24) is 20.1 Å². The molecule has 4 aliphatic rings. The number of benzene rings is 1. The highest BCUT2D eigenvalue weighted by molar-refractivity contribution is 7.92. The Morgan fingerprint density at radius 2 is 1.74 bits per heavy atom. The van der Waals surface area contributed by atoms with Crippen LogP contribution in [0.25, 0.3) is 6.08 Å². The zero-order valence-electron chi connectivity index (χ0n) is 24.7. The maximum Gasteiger partial charge on any atom is 0.389 e. The lowest BCUT2D eigenvalue weighted by Crippen LogP contribution is -2.50. The van der Waals surface area contributed by atoms with Gasteiger partial charge < -0.3 is 5.32 Å². The monoisotopic (exact) mass is 623 g/mol. The number of sulfonamides is 1. The lowest BCUT2D eigenvalue weighted by Gasteiger charge is -2.34. The van der Waals surface area contributed by atoms with E-state index in [9.17, 15) is 31.2 Å². The van der Waals surface area contributed by atoms with E-state index in [4.69, 9.17) is 4.99 Å². The summed E-state index contributed by atoms with van der Waals surface area (Å²) in [5, 5.41) is 5.70. The third-order valence-corrected chi connectivity index (χ3v) is 10.9. The minimum absolute atomic E-state index is 0.00920. The van der Waals surface area contributed by atoms with Crippen LogP contribution in [0.4, 0.5) is 13.2 Å². The number of nitrogens with one attached hydrogen (secondary N) is 2. The molecule has 2 saturated heterocycles. The molecular weight excluding hydrogens is 583 g/mol. The van der Waals surface area contributed by atoms with E-state index in [1.165, 1.54) is 9.71 Å². The number of nitrogens with zero attached hydrogens (tertiary/aromatic N) is 3. The van der Waals surface area contributed by atoms with Crippen LogP contribution in [0, 0.1) is 25.7 Å². The van der Waals surface area contributed by atoms with Crippen molar-refractivity contribution in [3.63, 3.8) is 0 Å². The summed E-state index contributed by atoms with van der Waals surface area (Å²) in [5.74, 6) is 0.314. The predicted octanol–water partition coefficient (Wildman–Crippen LogP) is 4.47.